The quantitative estimate of drug-likeness (QED) is 0.722. The van der Waals surface area contributed by atoms with E-state index in [2.05, 4.69) is 5.32 Å². The van der Waals surface area contributed by atoms with Crippen molar-refractivity contribution < 1.29 is 23.8 Å². The van der Waals surface area contributed by atoms with Crippen LogP contribution in [-0.2, 0) is 9.53 Å². The van der Waals surface area contributed by atoms with E-state index in [1.54, 1.807) is 32.4 Å². The number of amides is 2. The van der Waals surface area contributed by atoms with Crippen molar-refractivity contribution in [3.05, 3.63) is 23.8 Å². The smallest absolute Gasteiger partial charge is 0.257 e. The summed E-state index contributed by atoms with van der Waals surface area (Å²) >= 11 is 0. The molecular weight excluding hydrogens is 360 g/mol. The molecule has 7 nitrogen and oxygen atoms in total. The molecule has 1 N–H and O–H groups in total. The Bertz CT molecular complexity index is 715. The molecule has 1 aromatic rings. The molecule has 154 valence electrons. The average Bonchev–Trinajstić information content (AvgIpc) is 3.34. The molecule has 1 aliphatic carbocycles. The molecule has 1 atom stereocenters. The molecule has 2 amide bonds. The van der Waals surface area contributed by atoms with Gasteiger partial charge in [-0.25, -0.2) is 0 Å². The van der Waals surface area contributed by atoms with Gasteiger partial charge in [0.1, 0.15) is 0 Å². The number of carbonyl (C=O) groups is 2. The zero-order chi connectivity index (χ0) is 20.1. The fraction of sp³-hybridized carbons (Fsp3) is 0.619. The molecule has 1 saturated carbocycles. The molecule has 1 heterocycles. The van der Waals surface area contributed by atoms with Gasteiger partial charge in [0.25, 0.3) is 5.91 Å². The Hall–Kier alpha value is -2.28. The number of ether oxygens (including phenoxy) is 3. The van der Waals surface area contributed by atoms with Crippen molar-refractivity contribution in [2.75, 3.05) is 47.6 Å². The summed E-state index contributed by atoms with van der Waals surface area (Å²) < 4.78 is 15.8. The van der Waals surface area contributed by atoms with Gasteiger partial charge in [-0.05, 0) is 25.0 Å². The Balaban J connectivity index is 1.82. The molecule has 1 aromatic carbocycles. The minimum absolute atomic E-state index is 0.0202. The van der Waals surface area contributed by atoms with E-state index < -0.39 is 0 Å². The zero-order valence-corrected chi connectivity index (χ0v) is 17.0. The van der Waals surface area contributed by atoms with Crippen molar-refractivity contribution in [1.29, 1.82) is 0 Å². The number of carbonyl (C=O) groups excluding carboxylic acids is 2. The second kappa shape index (κ2) is 8.82. The Morgan fingerprint density at radius 1 is 1.18 bits per heavy atom. The van der Waals surface area contributed by atoms with Gasteiger partial charge in [-0.1, -0.05) is 18.9 Å². The summed E-state index contributed by atoms with van der Waals surface area (Å²) in [7, 11) is 4.70. The van der Waals surface area contributed by atoms with Crippen LogP contribution in [0.15, 0.2) is 18.2 Å². The lowest BCUT2D eigenvalue weighted by Crippen LogP contribution is -2.41. The summed E-state index contributed by atoms with van der Waals surface area (Å²) in [4.78, 5) is 28.0. The molecule has 0 bridgehead atoms. The molecule has 0 radical (unpaired) electrons. The molecule has 1 aliphatic heterocycles. The number of rotatable bonds is 7. The number of likely N-dealkylation sites (tertiary alicyclic amines) is 1. The van der Waals surface area contributed by atoms with Crippen molar-refractivity contribution >= 4 is 11.8 Å². The van der Waals surface area contributed by atoms with Gasteiger partial charge in [0.15, 0.2) is 11.5 Å². The van der Waals surface area contributed by atoms with Crippen LogP contribution in [0.2, 0.25) is 0 Å². The van der Waals surface area contributed by atoms with E-state index in [1.165, 1.54) is 7.11 Å². The molecule has 1 unspecified atom stereocenters. The first-order chi connectivity index (χ1) is 13.6. The summed E-state index contributed by atoms with van der Waals surface area (Å²) in [6.45, 7) is 2.00. The predicted octanol–water partition coefficient (Wildman–Crippen LogP) is 2.10. The molecular formula is C21H30N2O5. The third-order valence-corrected chi connectivity index (χ3v) is 6.09. The van der Waals surface area contributed by atoms with E-state index in [1.807, 2.05) is 4.90 Å². The van der Waals surface area contributed by atoms with Crippen LogP contribution in [0.3, 0.4) is 0 Å². The second-order valence-corrected chi connectivity index (χ2v) is 7.63. The fourth-order valence-corrected chi connectivity index (χ4v) is 4.70. The summed E-state index contributed by atoms with van der Waals surface area (Å²) in [6, 6.07) is 5.30. The van der Waals surface area contributed by atoms with Gasteiger partial charge in [-0.2, -0.15) is 0 Å². The number of methoxy groups -OCH3 is 3. The first kappa shape index (κ1) is 20.5. The first-order valence-corrected chi connectivity index (χ1v) is 9.83. The summed E-state index contributed by atoms with van der Waals surface area (Å²) in [5.41, 5.74) is 0.342. The lowest BCUT2D eigenvalue weighted by Gasteiger charge is -2.28. The van der Waals surface area contributed by atoms with Crippen LogP contribution in [-0.4, -0.2) is 64.3 Å². The normalized spacial score (nSPS) is 20.4. The topological polar surface area (TPSA) is 77.1 Å². The van der Waals surface area contributed by atoms with Gasteiger partial charge in [-0.3, -0.25) is 9.59 Å². The zero-order valence-electron chi connectivity index (χ0n) is 17.0. The molecule has 0 aromatic heterocycles. The molecule has 28 heavy (non-hydrogen) atoms. The van der Waals surface area contributed by atoms with Crippen LogP contribution in [0.25, 0.3) is 0 Å². The van der Waals surface area contributed by atoms with Gasteiger partial charge < -0.3 is 24.4 Å². The third kappa shape index (κ3) is 3.81. The van der Waals surface area contributed by atoms with Crippen LogP contribution < -0.4 is 14.8 Å². The molecule has 3 rings (SSSR count). The highest BCUT2D eigenvalue weighted by atomic mass is 16.5. The Kier molecular flexibility index (Phi) is 6.44. The summed E-state index contributed by atoms with van der Waals surface area (Å²) in [5, 5.41) is 2.97. The Morgan fingerprint density at radius 3 is 2.57 bits per heavy atom. The van der Waals surface area contributed by atoms with Gasteiger partial charge in [0.2, 0.25) is 5.91 Å². The molecule has 2 fully saturated rings. The van der Waals surface area contributed by atoms with Crippen LogP contribution in [0.5, 0.6) is 11.5 Å². The van der Waals surface area contributed by atoms with Crippen molar-refractivity contribution in [2.45, 2.75) is 25.7 Å². The van der Waals surface area contributed by atoms with Gasteiger partial charge in [0.05, 0.1) is 32.3 Å². The number of nitrogens with one attached hydrogen (secondary N) is 1. The second-order valence-electron chi connectivity index (χ2n) is 7.63. The van der Waals surface area contributed by atoms with Crippen LogP contribution in [0.4, 0.5) is 0 Å². The first-order valence-electron chi connectivity index (χ1n) is 9.83. The Labute approximate surface area is 166 Å². The Morgan fingerprint density at radius 2 is 1.93 bits per heavy atom. The van der Waals surface area contributed by atoms with Crippen molar-refractivity contribution in [1.82, 2.24) is 10.2 Å². The minimum Gasteiger partial charge on any atom is -0.493 e. The van der Waals surface area contributed by atoms with Gasteiger partial charge >= 0.3 is 0 Å². The maximum atomic E-state index is 13.3. The summed E-state index contributed by atoms with van der Waals surface area (Å²) in [6.07, 6.45) is 4.17. The van der Waals surface area contributed by atoms with Crippen molar-refractivity contribution in [2.24, 2.45) is 11.3 Å². The molecule has 1 spiro atoms. The highest BCUT2D eigenvalue weighted by Crippen LogP contribution is 2.49. The monoisotopic (exact) mass is 390 g/mol. The maximum Gasteiger partial charge on any atom is 0.257 e. The van der Waals surface area contributed by atoms with Crippen LogP contribution in [0, 0.1) is 11.3 Å². The van der Waals surface area contributed by atoms with E-state index in [9.17, 15) is 9.59 Å². The average molecular weight is 390 g/mol. The third-order valence-electron chi connectivity index (χ3n) is 6.09. The fourth-order valence-electron chi connectivity index (χ4n) is 4.70. The highest BCUT2D eigenvalue weighted by Gasteiger charge is 2.52. The highest BCUT2D eigenvalue weighted by molar-refractivity contribution is 5.98. The molecule has 2 aliphatic rings. The maximum absolute atomic E-state index is 13.3. The van der Waals surface area contributed by atoms with Crippen molar-refractivity contribution in [3.63, 3.8) is 0 Å². The number of hydrogen-bond donors (Lipinski definition) is 1. The standard InChI is InChI=1S/C21H30N2O5/c1-26-12-11-22-19(24)16-13-23(14-21(16)9-4-5-10-21)20(25)15-7-6-8-17(27-2)18(15)28-3/h6-8,16H,4-5,9-14H2,1-3H3,(H,22,24). The lowest BCUT2D eigenvalue weighted by atomic mass is 9.76. The number of para-hydroxylation sites is 1. The predicted molar refractivity (Wildman–Crippen MR) is 105 cm³/mol. The summed E-state index contributed by atoms with van der Waals surface area (Å²) in [5.74, 6) is 0.675. The van der Waals surface area contributed by atoms with Crippen LogP contribution in [0.1, 0.15) is 36.0 Å². The van der Waals surface area contributed by atoms with E-state index in [0.717, 1.165) is 25.7 Å². The van der Waals surface area contributed by atoms with E-state index >= 15 is 0 Å². The van der Waals surface area contributed by atoms with E-state index in [0.29, 0.717) is 43.3 Å². The lowest BCUT2D eigenvalue weighted by molar-refractivity contribution is -0.127. The van der Waals surface area contributed by atoms with Gasteiger partial charge in [0, 0.05) is 32.2 Å². The van der Waals surface area contributed by atoms with E-state index in [-0.39, 0.29) is 23.1 Å². The van der Waals surface area contributed by atoms with Crippen molar-refractivity contribution in [3.8, 4) is 11.5 Å². The minimum atomic E-state index is -0.188. The van der Waals surface area contributed by atoms with Gasteiger partial charge in [-0.15, -0.1) is 0 Å². The number of nitrogens with zero attached hydrogens (tertiary/aromatic N) is 1. The number of hydrogen-bond acceptors (Lipinski definition) is 5. The largest absolute Gasteiger partial charge is 0.493 e. The van der Waals surface area contributed by atoms with E-state index in [4.69, 9.17) is 14.2 Å². The molecule has 1 saturated heterocycles. The number of benzene rings is 1. The molecule has 7 heteroatoms. The SMILES string of the molecule is COCCNC(=O)C1CN(C(=O)c2cccc(OC)c2OC)CC12CCCC2. The van der Waals surface area contributed by atoms with Crippen LogP contribution >= 0.6 is 0 Å².